The predicted molar refractivity (Wildman–Crippen MR) is 121 cm³/mol. The summed E-state index contributed by atoms with van der Waals surface area (Å²) < 4.78 is 3.03. The van der Waals surface area contributed by atoms with E-state index < -0.39 is 6.10 Å². The van der Waals surface area contributed by atoms with Gasteiger partial charge in [0, 0.05) is 41.3 Å². The summed E-state index contributed by atoms with van der Waals surface area (Å²) in [6, 6.07) is 14.1. The highest BCUT2D eigenvalue weighted by Gasteiger charge is 2.12. The topological polar surface area (TPSA) is 87.4 Å². The number of fused-ring (bicyclic) bond motifs is 1. The first-order chi connectivity index (χ1) is 14.7. The van der Waals surface area contributed by atoms with Gasteiger partial charge in [-0.2, -0.15) is 0 Å². The van der Waals surface area contributed by atoms with Crippen molar-refractivity contribution in [1.82, 2.24) is 25.2 Å². The molecule has 0 amide bonds. The Morgan fingerprint density at radius 3 is 2.87 bits per heavy atom. The number of hydrogen-bond acceptors (Lipinski definition) is 5. The molecule has 0 saturated carbocycles. The maximum atomic E-state index is 10.6. The first-order valence-electron chi connectivity index (χ1n) is 9.85. The van der Waals surface area contributed by atoms with Crippen LogP contribution in [0.15, 0.2) is 72.4 Å². The largest absolute Gasteiger partial charge is 0.386 e. The molecule has 0 aliphatic rings. The third-order valence-electron chi connectivity index (χ3n) is 4.58. The molecule has 1 unspecified atom stereocenters. The van der Waals surface area contributed by atoms with Crippen molar-refractivity contribution in [2.45, 2.75) is 19.6 Å². The summed E-state index contributed by atoms with van der Waals surface area (Å²) in [4.78, 5) is 14.0. The minimum Gasteiger partial charge on any atom is -0.386 e. The minimum atomic E-state index is -0.595. The molecule has 8 heteroatoms. The summed E-state index contributed by atoms with van der Waals surface area (Å²) in [6.07, 6.45) is 6.52. The van der Waals surface area contributed by atoms with Gasteiger partial charge in [0.05, 0.1) is 6.54 Å². The van der Waals surface area contributed by atoms with Crippen LogP contribution in [-0.4, -0.2) is 38.7 Å². The fourth-order valence-corrected chi connectivity index (χ4v) is 4.08. The molecule has 0 spiro atoms. The highest BCUT2D eigenvalue weighted by atomic mass is 32.1. The van der Waals surface area contributed by atoms with Crippen molar-refractivity contribution in [2.24, 2.45) is 4.99 Å². The highest BCUT2D eigenvalue weighted by Crippen LogP contribution is 2.29. The molecule has 0 aliphatic heterocycles. The van der Waals surface area contributed by atoms with Crippen molar-refractivity contribution in [1.29, 1.82) is 0 Å². The second-order valence-corrected chi connectivity index (χ2v) is 7.89. The predicted octanol–water partition coefficient (Wildman–Crippen LogP) is 3.27. The third kappa shape index (κ3) is 4.84. The first kappa shape index (κ1) is 20.1. The van der Waals surface area contributed by atoms with Gasteiger partial charge in [-0.3, -0.25) is 4.57 Å². The number of hydrogen-bond donors (Lipinski definition) is 3. The first-order valence-corrected chi connectivity index (χ1v) is 10.7. The van der Waals surface area contributed by atoms with Gasteiger partial charge in [0.1, 0.15) is 18.2 Å². The van der Waals surface area contributed by atoms with Crippen LogP contribution in [0.1, 0.15) is 23.5 Å². The molecule has 4 aromatic rings. The summed E-state index contributed by atoms with van der Waals surface area (Å²) >= 11 is 1.62. The molecule has 3 aromatic heterocycles. The number of pyridine rings is 1. The Hall–Kier alpha value is -3.23. The molecule has 0 bridgehead atoms. The Labute approximate surface area is 179 Å². The average Bonchev–Trinajstić information content (AvgIpc) is 3.46. The van der Waals surface area contributed by atoms with E-state index in [9.17, 15) is 5.11 Å². The summed E-state index contributed by atoms with van der Waals surface area (Å²) in [5, 5.41) is 18.2. The Balaban J connectivity index is 1.37. The van der Waals surface area contributed by atoms with Gasteiger partial charge >= 0.3 is 0 Å². The molecule has 1 aromatic carbocycles. The SMILES string of the molecule is CCNC(=NCc1ccc(-n2ccnc2)nc1)NCC(O)c1cc2ccccc2s1. The zero-order valence-electron chi connectivity index (χ0n) is 16.7. The molecule has 30 heavy (non-hydrogen) atoms. The molecule has 0 aliphatic carbocycles. The zero-order valence-corrected chi connectivity index (χ0v) is 17.5. The Kier molecular flexibility index (Phi) is 6.36. The molecule has 154 valence electrons. The van der Waals surface area contributed by atoms with Gasteiger partial charge in [-0.25, -0.2) is 15.0 Å². The standard InChI is InChI=1S/C22H24N6OS/c1-2-24-22(26-13-16-7-8-21(25-12-16)28-10-9-23-15-28)27-14-18(29)20-11-17-5-3-4-6-19(17)30-20/h3-12,15,18,29H,2,13-14H2,1H3,(H2,24,26,27). The van der Waals surface area contributed by atoms with Crippen LogP contribution < -0.4 is 10.6 Å². The Morgan fingerprint density at radius 2 is 2.13 bits per heavy atom. The summed E-state index contributed by atoms with van der Waals surface area (Å²) in [6.45, 7) is 3.63. The quantitative estimate of drug-likeness (QED) is 0.316. The van der Waals surface area contributed by atoms with Gasteiger partial charge in [-0.1, -0.05) is 24.3 Å². The number of guanidine groups is 1. The van der Waals surface area contributed by atoms with E-state index >= 15 is 0 Å². The van der Waals surface area contributed by atoms with Crippen LogP contribution in [-0.2, 0) is 6.54 Å². The summed E-state index contributed by atoms with van der Waals surface area (Å²) in [7, 11) is 0. The number of thiophene rings is 1. The van der Waals surface area contributed by atoms with Crippen LogP contribution in [0.4, 0.5) is 0 Å². The number of rotatable bonds is 7. The number of imidazole rings is 1. The van der Waals surface area contributed by atoms with Crippen LogP contribution in [0.3, 0.4) is 0 Å². The fraction of sp³-hybridized carbons (Fsp3) is 0.227. The van der Waals surface area contributed by atoms with Crippen LogP contribution in [0, 0.1) is 0 Å². The van der Waals surface area contributed by atoms with E-state index in [1.54, 1.807) is 23.9 Å². The maximum Gasteiger partial charge on any atom is 0.191 e. The third-order valence-corrected chi connectivity index (χ3v) is 5.80. The average molecular weight is 421 g/mol. The molecular weight excluding hydrogens is 396 g/mol. The number of aliphatic hydroxyl groups excluding tert-OH is 1. The van der Waals surface area contributed by atoms with Gasteiger partial charge in [-0.15, -0.1) is 11.3 Å². The molecule has 1 atom stereocenters. The van der Waals surface area contributed by atoms with Crippen molar-refractivity contribution < 1.29 is 5.11 Å². The number of benzene rings is 1. The van der Waals surface area contributed by atoms with Crippen molar-refractivity contribution in [3.05, 3.63) is 77.8 Å². The molecule has 3 heterocycles. The van der Waals surface area contributed by atoms with Gasteiger partial charge in [0.2, 0.25) is 0 Å². The van der Waals surface area contributed by atoms with Crippen LogP contribution in [0.5, 0.6) is 0 Å². The summed E-state index contributed by atoms with van der Waals surface area (Å²) in [5.74, 6) is 1.48. The van der Waals surface area contributed by atoms with E-state index in [4.69, 9.17) is 0 Å². The van der Waals surface area contributed by atoms with Crippen molar-refractivity contribution in [2.75, 3.05) is 13.1 Å². The van der Waals surface area contributed by atoms with E-state index in [-0.39, 0.29) is 0 Å². The van der Waals surface area contributed by atoms with E-state index in [2.05, 4.69) is 37.7 Å². The van der Waals surface area contributed by atoms with Crippen LogP contribution in [0.2, 0.25) is 0 Å². The molecule has 3 N–H and O–H groups in total. The second kappa shape index (κ2) is 9.51. The van der Waals surface area contributed by atoms with E-state index in [1.807, 2.05) is 54.2 Å². The monoisotopic (exact) mass is 420 g/mol. The van der Waals surface area contributed by atoms with Crippen molar-refractivity contribution >= 4 is 27.4 Å². The smallest absolute Gasteiger partial charge is 0.191 e. The number of aromatic nitrogens is 3. The lowest BCUT2D eigenvalue weighted by atomic mass is 10.2. The normalized spacial score (nSPS) is 12.8. The van der Waals surface area contributed by atoms with Crippen molar-refractivity contribution in [3.8, 4) is 5.82 Å². The lowest BCUT2D eigenvalue weighted by Crippen LogP contribution is -2.39. The molecule has 0 radical (unpaired) electrons. The van der Waals surface area contributed by atoms with Crippen molar-refractivity contribution in [3.63, 3.8) is 0 Å². The molecule has 0 saturated heterocycles. The Bertz CT molecular complexity index is 1070. The van der Waals surface area contributed by atoms with Gasteiger partial charge < -0.3 is 15.7 Å². The van der Waals surface area contributed by atoms with Gasteiger partial charge in [0.15, 0.2) is 5.96 Å². The van der Waals surface area contributed by atoms with Crippen LogP contribution in [0.25, 0.3) is 15.9 Å². The van der Waals surface area contributed by atoms with Gasteiger partial charge in [-0.05, 0) is 36.1 Å². The van der Waals surface area contributed by atoms with E-state index in [0.717, 1.165) is 28.2 Å². The fourth-order valence-electron chi connectivity index (χ4n) is 3.03. The second-order valence-electron chi connectivity index (χ2n) is 6.77. The zero-order chi connectivity index (χ0) is 20.8. The lowest BCUT2D eigenvalue weighted by Gasteiger charge is -2.14. The lowest BCUT2D eigenvalue weighted by molar-refractivity contribution is 0.184. The van der Waals surface area contributed by atoms with Gasteiger partial charge in [0.25, 0.3) is 0 Å². The maximum absolute atomic E-state index is 10.6. The summed E-state index contributed by atoms with van der Waals surface area (Å²) in [5.41, 5.74) is 1.00. The molecular formula is C22H24N6OS. The Morgan fingerprint density at radius 1 is 1.23 bits per heavy atom. The van der Waals surface area contributed by atoms with Crippen LogP contribution >= 0.6 is 11.3 Å². The minimum absolute atomic E-state index is 0.385. The highest BCUT2D eigenvalue weighted by molar-refractivity contribution is 7.19. The number of aliphatic imine (C=N–C) groups is 1. The molecule has 0 fully saturated rings. The van der Waals surface area contributed by atoms with E-state index in [1.165, 1.54) is 4.70 Å². The van der Waals surface area contributed by atoms with E-state index in [0.29, 0.717) is 19.0 Å². The number of nitrogens with one attached hydrogen (secondary N) is 2. The molecule has 4 rings (SSSR count). The number of aliphatic hydroxyl groups is 1. The molecule has 7 nitrogen and oxygen atoms in total. The number of nitrogens with zero attached hydrogens (tertiary/aromatic N) is 4.